The van der Waals surface area contributed by atoms with E-state index in [-0.39, 0.29) is 42.0 Å². The summed E-state index contributed by atoms with van der Waals surface area (Å²) >= 11 is 0. The SMILES string of the molecule is CC1=C(NC(=O)c2cc(C(N)=O)nc3ccccc23)C(C(F)(F)F)CCCN1Cc1cccc(C#N)c1. The highest BCUT2D eigenvalue weighted by atomic mass is 19.4. The Morgan fingerprint density at radius 2 is 1.95 bits per heavy atom. The van der Waals surface area contributed by atoms with E-state index in [1.54, 1.807) is 60.4 Å². The maximum atomic E-state index is 14.2. The average molecular weight is 508 g/mol. The van der Waals surface area contributed by atoms with Crippen molar-refractivity contribution in [3.63, 3.8) is 0 Å². The molecule has 1 aliphatic heterocycles. The van der Waals surface area contributed by atoms with Gasteiger partial charge in [-0.2, -0.15) is 18.4 Å². The molecule has 4 rings (SSSR count). The first-order valence-electron chi connectivity index (χ1n) is 11.6. The van der Waals surface area contributed by atoms with Crippen molar-refractivity contribution in [2.75, 3.05) is 6.54 Å². The van der Waals surface area contributed by atoms with Crippen LogP contribution in [0, 0.1) is 17.2 Å². The van der Waals surface area contributed by atoms with E-state index in [0.717, 1.165) is 5.56 Å². The summed E-state index contributed by atoms with van der Waals surface area (Å²) in [5, 5.41) is 12.1. The Balaban J connectivity index is 1.76. The lowest BCUT2D eigenvalue weighted by Gasteiger charge is -2.28. The molecule has 0 aliphatic carbocycles. The fraction of sp³-hybridized carbons (Fsp3) is 0.259. The molecule has 3 aromatic rings. The van der Waals surface area contributed by atoms with Crippen molar-refractivity contribution in [2.24, 2.45) is 11.7 Å². The lowest BCUT2D eigenvalue weighted by molar-refractivity contribution is -0.166. The number of pyridine rings is 1. The second kappa shape index (κ2) is 10.3. The van der Waals surface area contributed by atoms with Crippen LogP contribution in [-0.4, -0.2) is 34.4 Å². The summed E-state index contributed by atoms with van der Waals surface area (Å²) in [5.74, 6) is -3.53. The molecule has 190 valence electrons. The number of rotatable bonds is 5. The first-order chi connectivity index (χ1) is 17.6. The second-order valence-electron chi connectivity index (χ2n) is 8.86. The standard InChI is InChI=1S/C27H24F3N5O2/c1-16-24(34-26(37)20-13-23(25(32)36)33-22-10-3-2-8-19(20)22)21(27(28,29)30)9-5-11-35(16)15-18-7-4-6-17(12-18)14-31/h2-4,6-8,10,12-13,21H,5,9,11,15H2,1H3,(H2,32,36)(H,34,37). The van der Waals surface area contributed by atoms with Gasteiger partial charge in [0, 0.05) is 29.9 Å². The van der Waals surface area contributed by atoms with Crippen LogP contribution in [0.5, 0.6) is 0 Å². The van der Waals surface area contributed by atoms with Crippen molar-refractivity contribution in [3.8, 4) is 6.07 Å². The third-order valence-corrected chi connectivity index (χ3v) is 6.42. The zero-order valence-corrected chi connectivity index (χ0v) is 20.0. The zero-order valence-electron chi connectivity index (χ0n) is 20.0. The molecule has 0 spiro atoms. The number of alkyl halides is 3. The lowest BCUT2D eigenvalue weighted by atomic mass is 9.97. The minimum absolute atomic E-state index is 0.00172. The molecule has 0 bridgehead atoms. The summed E-state index contributed by atoms with van der Waals surface area (Å²) < 4.78 is 42.5. The maximum Gasteiger partial charge on any atom is 0.397 e. The molecule has 0 saturated heterocycles. The van der Waals surface area contributed by atoms with Crippen molar-refractivity contribution >= 4 is 22.7 Å². The predicted octanol–water partition coefficient (Wildman–Crippen LogP) is 4.64. The van der Waals surface area contributed by atoms with Crippen molar-refractivity contribution < 1.29 is 22.8 Å². The van der Waals surface area contributed by atoms with Gasteiger partial charge in [-0.15, -0.1) is 0 Å². The first-order valence-corrected chi connectivity index (χ1v) is 11.6. The zero-order chi connectivity index (χ0) is 26.7. The molecule has 0 fully saturated rings. The van der Waals surface area contributed by atoms with Crippen LogP contribution < -0.4 is 11.1 Å². The summed E-state index contributed by atoms with van der Waals surface area (Å²) in [5.41, 5.74) is 6.78. The molecule has 2 aromatic carbocycles. The van der Waals surface area contributed by atoms with Crippen LogP contribution in [0.2, 0.25) is 0 Å². The molecule has 1 aromatic heterocycles. The Bertz CT molecular complexity index is 1440. The molecule has 1 aliphatic rings. The van der Waals surface area contributed by atoms with Crippen molar-refractivity contribution in [2.45, 2.75) is 32.5 Å². The summed E-state index contributed by atoms with van der Waals surface area (Å²) in [6.45, 7) is 2.17. The highest BCUT2D eigenvalue weighted by molar-refractivity contribution is 6.09. The van der Waals surface area contributed by atoms with Gasteiger partial charge < -0.3 is 16.0 Å². The molecule has 2 heterocycles. The van der Waals surface area contributed by atoms with Gasteiger partial charge in [0.25, 0.3) is 11.8 Å². The quantitative estimate of drug-likeness (QED) is 0.523. The molecule has 0 radical (unpaired) electrons. The third kappa shape index (κ3) is 5.56. The minimum atomic E-state index is -4.58. The number of nitrogens with two attached hydrogens (primary N) is 1. The van der Waals surface area contributed by atoms with E-state index >= 15 is 0 Å². The number of aromatic nitrogens is 1. The van der Waals surface area contributed by atoms with Crippen molar-refractivity contribution in [1.29, 1.82) is 5.26 Å². The third-order valence-electron chi connectivity index (χ3n) is 6.42. The fourth-order valence-electron chi connectivity index (χ4n) is 4.56. The van der Waals surface area contributed by atoms with Crippen LogP contribution in [0.1, 0.15) is 51.7 Å². The molecule has 2 amide bonds. The van der Waals surface area contributed by atoms with Gasteiger partial charge in [0.15, 0.2) is 0 Å². The molecular weight excluding hydrogens is 483 g/mol. The van der Waals surface area contributed by atoms with Crippen LogP contribution in [0.3, 0.4) is 0 Å². The van der Waals surface area contributed by atoms with E-state index in [0.29, 0.717) is 23.0 Å². The molecule has 3 N–H and O–H groups in total. The van der Waals surface area contributed by atoms with Gasteiger partial charge in [-0.05, 0) is 49.6 Å². The van der Waals surface area contributed by atoms with Crippen LogP contribution >= 0.6 is 0 Å². The number of nitrogens with one attached hydrogen (secondary N) is 1. The van der Waals surface area contributed by atoms with E-state index < -0.39 is 23.9 Å². The van der Waals surface area contributed by atoms with E-state index in [1.165, 1.54) is 6.07 Å². The normalized spacial score (nSPS) is 16.3. The molecule has 1 atom stereocenters. The van der Waals surface area contributed by atoms with Crippen molar-refractivity contribution in [1.82, 2.24) is 15.2 Å². The Morgan fingerprint density at radius 1 is 1.19 bits per heavy atom. The summed E-state index contributed by atoms with van der Waals surface area (Å²) in [7, 11) is 0. The smallest absolute Gasteiger partial charge is 0.369 e. The number of nitrogens with zero attached hydrogens (tertiary/aromatic N) is 3. The molecular formula is C27H24F3N5O2. The van der Waals surface area contributed by atoms with E-state index in [2.05, 4.69) is 16.4 Å². The van der Waals surface area contributed by atoms with Gasteiger partial charge in [0.05, 0.1) is 28.6 Å². The number of para-hydroxylation sites is 1. The number of nitriles is 1. The van der Waals surface area contributed by atoms with Crippen LogP contribution in [0.25, 0.3) is 10.9 Å². The van der Waals surface area contributed by atoms with E-state index in [4.69, 9.17) is 5.73 Å². The highest BCUT2D eigenvalue weighted by Crippen LogP contribution is 2.38. The fourth-order valence-corrected chi connectivity index (χ4v) is 4.56. The Morgan fingerprint density at radius 3 is 2.65 bits per heavy atom. The lowest BCUT2D eigenvalue weighted by Crippen LogP contribution is -2.36. The number of carbonyl (C=O) groups is 2. The van der Waals surface area contributed by atoms with Gasteiger partial charge in [-0.3, -0.25) is 9.59 Å². The second-order valence-corrected chi connectivity index (χ2v) is 8.86. The average Bonchev–Trinajstić information content (AvgIpc) is 3.02. The Hall–Kier alpha value is -4.39. The van der Waals surface area contributed by atoms with Crippen LogP contribution in [0.15, 0.2) is 66.0 Å². The molecule has 1 unspecified atom stereocenters. The van der Waals surface area contributed by atoms with Crippen molar-refractivity contribution in [3.05, 3.63) is 88.4 Å². The number of hydrogen-bond acceptors (Lipinski definition) is 5. The number of halogens is 3. The number of benzene rings is 2. The molecule has 37 heavy (non-hydrogen) atoms. The summed E-state index contributed by atoms with van der Waals surface area (Å²) in [6.07, 6.45) is -4.53. The van der Waals surface area contributed by atoms with E-state index in [9.17, 15) is 28.0 Å². The predicted molar refractivity (Wildman–Crippen MR) is 131 cm³/mol. The van der Waals surface area contributed by atoms with Gasteiger partial charge in [0.2, 0.25) is 0 Å². The number of allylic oxidation sites excluding steroid dienone is 2. The Labute approximate surface area is 211 Å². The van der Waals surface area contributed by atoms with Gasteiger partial charge in [-0.1, -0.05) is 30.3 Å². The number of fused-ring (bicyclic) bond motifs is 1. The summed E-state index contributed by atoms with van der Waals surface area (Å²) in [6, 6.07) is 16.6. The maximum absolute atomic E-state index is 14.2. The summed E-state index contributed by atoms with van der Waals surface area (Å²) in [4.78, 5) is 31.1. The molecule has 7 nitrogen and oxygen atoms in total. The van der Waals surface area contributed by atoms with E-state index in [1.807, 2.05) is 0 Å². The molecule has 10 heteroatoms. The van der Waals surface area contributed by atoms with Gasteiger partial charge in [0.1, 0.15) is 5.69 Å². The van der Waals surface area contributed by atoms with Gasteiger partial charge in [-0.25, -0.2) is 4.98 Å². The van der Waals surface area contributed by atoms with Gasteiger partial charge >= 0.3 is 6.18 Å². The Kier molecular flexibility index (Phi) is 7.16. The number of primary amides is 1. The topological polar surface area (TPSA) is 112 Å². The monoisotopic (exact) mass is 507 g/mol. The van der Waals surface area contributed by atoms with Crippen LogP contribution in [0.4, 0.5) is 13.2 Å². The number of amides is 2. The first kappa shape index (κ1) is 25.7. The molecule has 0 saturated carbocycles. The largest absolute Gasteiger partial charge is 0.397 e. The number of hydrogen-bond donors (Lipinski definition) is 2. The van der Waals surface area contributed by atoms with Crippen LogP contribution in [-0.2, 0) is 6.54 Å². The minimum Gasteiger partial charge on any atom is -0.369 e. The number of carbonyl (C=O) groups excluding carboxylic acids is 2. The highest BCUT2D eigenvalue weighted by Gasteiger charge is 2.44.